The first-order valence-electron chi connectivity index (χ1n) is 9.67. The maximum absolute atomic E-state index is 4.70. The van der Waals surface area contributed by atoms with E-state index in [1.807, 2.05) is 30.5 Å². The van der Waals surface area contributed by atoms with Crippen LogP contribution in [0.2, 0.25) is 0 Å². The van der Waals surface area contributed by atoms with Crippen molar-refractivity contribution in [1.82, 2.24) is 20.2 Å². The molecule has 0 amide bonds. The number of benzene rings is 1. The van der Waals surface area contributed by atoms with Crippen LogP contribution in [0.25, 0.3) is 0 Å². The van der Waals surface area contributed by atoms with Gasteiger partial charge in [-0.2, -0.15) is 10.1 Å². The molecule has 0 atom stereocenters. The Bertz CT molecular complexity index is 905. The van der Waals surface area contributed by atoms with E-state index in [1.54, 1.807) is 6.20 Å². The normalized spacial score (nSPS) is 14.4. The minimum absolute atomic E-state index is 0.428. The van der Waals surface area contributed by atoms with Crippen LogP contribution in [-0.2, 0) is 0 Å². The van der Waals surface area contributed by atoms with E-state index in [9.17, 15) is 0 Å². The molecule has 0 unspecified atom stereocenters. The third-order valence-corrected chi connectivity index (χ3v) is 4.93. The Kier molecular flexibility index (Phi) is 5.32. The van der Waals surface area contributed by atoms with Crippen molar-refractivity contribution in [2.24, 2.45) is 0 Å². The molecule has 1 saturated heterocycles. The Morgan fingerprint density at radius 3 is 2.43 bits per heavy atom. The molecule has 1 aliphatic heterocycles. The van der Waals surface area contributed by atoms with Gasteiger partial charge in [-0.05, 0) is 29.7 Å². The first-order valence-corrected chi connectivity index (χ1v) is 9.67. The fraction of sp³-hybridized carbons (Fsp3) is 0.333. The van der Waals surface area contributed by atoms with Crippen LogP contribution < -0.4 is 15.1 Å². The molecule has 0 aliphatic carbocycles. The van der Waals surface area contributed by atoms with E-state index in [4.69, 9.17) is 4.98 Å². The van der Waals surface area contributed by atoms with E-state index in [-0.39, 0.29) is 0 Å². The minimum atomic E-state index is 0.428. The summed E-state index contributed by atoms with van der Waals surface area (Å²) < 4.78 is 0. The Morgan fingerprint density at radius 2 is 1.68 bits per heavy atom. The SMILES string of the molecule is CC(C)c1ccccc1Nc1cnnc(N2CCN(c3ccccn3)CC2)n1. The second-order valence-electron chi connectivity index (χ2n) is 7.17. The maximum Gasteiger partial charge on any atom is 0.247 e. The second kappa shape index (κ2) is 8.21. The van der Waals surface area contributed by atoms with Crippen molar-refractivity contribution in [3.63, 3.8) is 0 Å². The monoisotopic (exact) mass is 375 g/mol. The Hall–Kier alpha value is -3.22. The number of hydrogen-bond acceptors (Lipinski definition) is 7. The van der Waals surface area contributed by atoms with Gasteiger partial charge in [0, 0.05) is 38.1 Å². The molecule has 7 nitrogen and oxygen atoms in total. The number of piperazine rings is 1. The molecule has 3 aromatic rings. The van der Waals surface area contributed by atoms with E-state index >= 15 is 0 Å². The van der Waals surface area contributed by atoms with Crippen LogP contribution in [0, 0.1) is 0 Å². The lowest BCUT2D eigenvalue weighted by atomic mass is 10.0. The molecule has 0 spiro atoms. The van der Waals surface area contributed by atoms with Crippen LogP contribution in [-0.4, -0.2) is 46.3 Å². The summed E-state index contributed by atoms with van der Waals surface area (Å²) in [4.78, 5) is 13.6. The summed E-state index contributed by atoms with van der Waals surface area (Å²) >= 11 is 0. The molecule has 2 aromatic heterocycles. The van der Waals surface area contributed by atoms with E-state index in [0.29, 0.717) is 17.7 Å². The van der Waals surface area contributed by atoms with Gasteiger partial charge in [0.2, 0.25) is 5.95 Å². The molecule has 1 aromatic carbocycles. The Labute approximate surface area is 165 Å². The predicted molar refractivity (Wildman–Crippen MR) is 112 cm³/mol. The van der Waals surface area contributed by atoms with Crippen LogP contribution in [0.4, 0.5) is 23.3 Å². The molecule has 7 heteroatoms. The Morgan fingerprint density at radius 1 is 0.929 bits per heavy atom. The lowest BCUT2D eigenvalue weighted by Crippen LogP contribution is -2.47. The van der Waals surface area contributed by atoms with Crippen LogP contribution in [0.15, 0.2) is 54.9 Å². The molecule has 4 rings (SSSR count). The van der Waals surface area contributed by atoms with Gasteiger partial charge < -0.3 is 15.1 Å². The van der Waals surface area contributed by atoms with Gasteiger partial charge in [0.05, 0.1) is 6.20 Å². The van der Waals surface area contributed by atoms with E-state index in [1.165, 1.54) is 5.56 Å². The van der Waals surface area contributed by atoms with Crippen molar-refractivity contribution < 1.29 is 0 Å². The van der Waals surface area contributed by atoms with Crippen LogP contribution in [0.5, 0.6) is 0 Å². The maximum atomic E-state index is 4.70. The van der Waals surface area contributed by atoms with Gasteiger partial charge in [0.15, 0.2) is 5.82 Å². The number of rotatable bonds is 5. The first kappa shape index (κ1) is 18.2. The summed E-state index contributed by atoms with van der Waals surface area (Å²) in [6.45, 7) is 7.81. The third kappa shape index (κ3) is 4.03. The molecule has 144 valence electrons. The third-order valence-electron chi connectivity index (χ3n) is 4.93. The standard InChI is InChI=1S/C21H25N7/c1-16(2)17-7-3-4-8-18(17)24-19-15-23-26-21(25-19)28-13-11-27(12-14-28)20-9-5-6-10-22-20/h3-10,15-16H,11-14H2,1-2H3,(H,24,25,26). The van der Waals surface area contributed by atoms with E-state index in [2.05, 4.69) is 62.3 Å². The summed E-state index contributed by atoms with van der Waals surface area (Å²) in [6.07, 6.45) is 3.50. The molecule has 0 radical (unpaired) electrons. The van der Waals surface area contributed by atoms with Crippen molar-refractivity contribution in [1.29, 1.82) is 0 Å². The smallest absolute Gasteiger partial charge is 0.247 e. The molecule has 1 N–H and O–H groups in total. The molecular weight excluding hydrogens is 350 g/mol. The summed E-state index contributed by atoms with van der Waals surface area (Å²) in [6, 6.07) is 14.3. The van der Waals surface area contributed by atoms with Crippen LogP contribution in [0.1, 0.15) is 25.3 Å². The van der Waals surface area contributed by atoms with Crippen LogP contribution >= 0.6 is 0 Å². The molecular formula is C21H25N7. The highest BCUT2D eigenvalue weighted by molar-refractivity contribution is 5.61. The zero-order chi connectivity index (χ0) is 19.3. The van der Waals surface area contributed by atoms with Gasteiger partial charge in [-0.3, -0.25) is 0 Å². The topological polar surface area (TPSA) is 70.1 Å². The number of nitrogens with one attached hydrogen (secondary N) is 1. The van der Waals surface area contributed by atoms with Gasteiger partial charge in [-0.1, -0.05) is 38.1 Å². The van der Waals surface area contributed by atoms with Crippen molar-refractivity contribution in [3.8, 4) is 0 Å². The van der Waals surface area contributed by atoms with Crippen LogP contribution in [0.3, 0.4) is 0 Å². The minimum Gasteiger partial charge on any atom is -0.353 e. The molecule has 0 bridgehead atoms. The molecule has 1 fully saturated rings. The van der Waals surface area contributed by atoms with Gasteiger partial charge >= 0.3 is 0 Å². The zero-order valence-corrected chi connectivity index (χ0v) is 16.3. The number of aromatic nitrogens is 4. The molecule has 0 saturated carbocycles. The summed E-state index contributed by atoms with van der Waals surface area (Å²) in [5.74, 6) is 2.82. The van der Waals surface area contributed by atoms with Gasteiger partial charge in [-0.25, -0.2) is 4.98 Å². The summed E-state index contributed by atoms with van der Waals surface area (Å²) in [7, 11) is 0. The van der Waals surface area contributed by atoms with Gasteiger partial charge in [-0.15, -0.1) is 5.10 Å². The quantitative estimate of drug-likeness (QED) is 0.732. The summed E-state index contributed by atoms with van der Waals surface area (Å²) in [5, 5.41) is 11.8. The van der Waals surface area contributed by atoms with Crippen molar-refractivity contribution in [2.45, 2.75) is 19.8 Å². The number of hydrogen-bond donors (Lipinski definition) is 1. The lowest BCUT2D eigenvalue weighted by Gasteiger charge is -2.35. The van der Waals surface area contributed by atoms with Crippen molar-refractivity contribution >= 4 is 23.3 Å². The van der Waals surface area contributed by atoms with Gasteiger partial charge in [0.1, 0.15) is 5.82 Å². The predicted octanol–water partition coefficient (Wildman–Crippen LogP) is 3.46. The summed E-state index contributed by atoms with van der Waals surface area (Å²) in [5.41, 5.74) is 2.32. The fourth-order valence-corrected chi connectivity index (χ4v) is 3.42. The number of nitrogens with zero attached hydrogens (tertiary/aromatic N) is 6. The number of pyridine rings is 1. The van der Waals surface area contributed by atoms with Gasteiger partial charge in [0.25, 0.3) is 0 Å². The van der Waals surface area contributed by atoms with Crippen molar-refractivity contribution in [2.75, 3.05) is 41.3 Å². The number of anilines is 4. The average molecular weight is 375 g/mol. The second-order valence-corrected chi connectivity index (χ2v) is 7.17. The first-order chi connectivity index (χ1) is 13.7. The zero-order valence-electron chi connectivity index (χ0n) is 16.3. The highest BCUT2D eigenvalue weighted by Crippen LogP contribution is 2.26. The number of para-hydroxylation sites is 1. The van der Waals surface area contributed by atoms with Crippen molar-refractivity contribution in [3.05, 3.63) is 60.4 Å². The lowest BCUT2D eigenvalue weighted by molar-refractivity contribution is 0.630. The fourth-order valence-electron chi connectivity index (χ4n) is 3.42. The van der Waals surface area contributed by atoms with E-state index in [0.717, 1.165) is 37.7 Å². The highest BCUT2D eigenvalue weighted by atomic mass is 15.4. The van der Waals surface area contributed by atoms with E-state index < -0.39 is 0 Å². The average Bonchev–Trinajstić information content (AvgIpc) is 2.75. The molecule has 1 aliphatic rings. The Balaban J connectivity index is 1.45. The molecule has 3 heterocycles. The largest absolute Gasteiger partial charge is 0.353 e. The molecule has 28 heavy (non-hydrogen) atoms. The highest BCUT2D eigenvalue weighted by Gasteiger charge is 2.20.